The van der Waals surface area contributed by atoms with Crippen molar-refractivity contribution in [2.75, 3.05) is 33.9 Å². The van der Waals surface area contributed by atoms with Crippen LogP contribution in [-0.2, 0) is 4.79 Å². The Kier molecular flexibility index (Phi) is 5.76. The fourth-order valence-electron chi connectivity index (χ4n) is 3.69. The van der Waals surface area contributed by atoms with Crippen molar-refractivity contribution in [3.05, 3.63) is 48.5 Å². The Balaban J connectivity index is 1.46. The summed E-state index contributed by atoms with van der Waals surface area (Å²) in [7, 11) is 3.23. The van der Waals surface area contributed by atoms with E-state index in [2.05, 4.69) is 4.90 Å². The van der Waals surface area contributed by atoms with E-state index in [0.717, 1.165) is 31.1 Å². The summed E-state index contributed by atoms with van der Waals surface area (Å²) in [5, 5.41) is 1.44. The molecule has 0 unspecified atom stereocenters. The third kappa shape index (κ3) is 4.24. The molecule has 0 spiro atoms. The summed E-state index contributed by atoms with van der Waals surface area (Å²) < 4.78 is 16.4. The van der Waals surface area contributed by atoms with Crippen molar-refractivity contribution < 1.29 is 23.8 Å². The molecule has 2 heterocycles. The van der Waals surface area contributed by atoms with Gasteiger partial charge in [-0.05, 0) is 74.5 Å². The molecule has 2 atom stereocenters. The Morgan fingerprint density at radius 1 is 0.828 bits per heavy atom. The lowest BCUT2D eigenvalue weighted by Gasteiger charge is -2.45. The van der Waals surface area contributed by atoms with E-state index in [-0.39, 0.29) is 11.9 Å². The second kappa shape index (κ2) is 8.61. The molecule has 0 aromatic heterocycles. The second-order valence-corrected chi connectivity index (χ2v) is 7.22. The number of carbonyl (C=O) groups is 1. The van der Waals surface area contributed by atoms with Crippen molar-refractivity contribution in [1.29, 1.82) is 0 Å². The van der Waals surface area contributed by atoms with Crippen LogP contribution in [0.5, 0.6) is 23.0 Å². The highest BCUT2D eigenvalue weighted by molar-refractivity contribution is 5.88. The number of likely N-dealkylation sites (tertiary alicyclic amines) is 1. The first kappa shape index (κ1) is 19.4. The first-order valence-corrected chi connectivity index (χ1v) is 9.86. The average Bonchev–Trinajstić information content (AvgIpc) is 3.29. The number of hydrogen-bond acceptors (Lipinski definition) is 6. The van der Waals surface area contributed by atoms with Crippen LogP contribution in [0.4, 0.5) is 0 Å². The van der Waals surface area contributed by atoms with Gasteiger partial charge in [0.05, 0.1) is 14.2 Å². The van der Waals surface area contributed by atoms with Gasteiger partial charge in [0.2, 0.25) is 6.10 Å². The zero-order valence-electron chi connectivity index (χ0n) is 16.7. The van der Waals surface area contributed by atoms with E-state index in [1.165, 1.54) is 17.9 Å². The van der Waals surface area contributed by atoms with Gasteiger partial charge in [-0.25, -0.2) is 0 Å². The van der Waals surface area contributed by atoms with Crippen molar-refractivity contribution in [3.8, 4) is 23.0 Å². The summed E-state index contributed by atoms with van der Waals surface area (Å²) in [4.78, 5) is 21.1. The van der Waals surface area contributed by atoms with Crippen LogP contribution in [0.2, 0.25) is 0 Å². The highest BCUT2D eigenvalue weighted by Gasteiger charge is 2.52. The number of methoxy groups -OCH3 is 2. The van der Waals surface area contributed by atoms with Gasteiger partial charge in [0, 0.05) is 6.54 Å². The van der Waals surface area contributed by atoms with Crippen LogP contribution in [0.1, 0.15) is 12.8 Å². The van der Waals surface area contributed by atoms with E-state index in [0.29, 0.717) is 11.5 Å². The van der Waals surface area contributed by atoms with Crippen molar-refractivity contribution >= 4 is 5.91 Å². The highest BCUT2D eigenvalue weighted by Crippen LogP contribution is 2.30. The number of hydrogen-bond donors (Lipinski definition) is 0. The minimum absolute atomic E-state index is 0.176. The van der Waals surface area contributed by atoms with E-state index < -0.39 is 6.10 Å². The average molecular weight is 398 g/mol. The standard InChI is InChI=1S/C22H26N2O5/c1-26-16-5-9-18(10-6-16)28-21-20(15-23-13-3-4-14-23)24(22(21)25)29-19-11-7-17(27-2)8-12-19/h5-12,20-21H,3-4,13-15H2,1-2H3/t20-,21+/m1/s1. The molecule has 2 aromatic carbocycles. The van der Waals surface area contributed by atoms with Crippen molar-refractivity contribution in [2.45, 2.75) is 25.0 Å². The maximum Gasteiger partial charge on any atom is 0.299 e. The molecular formula is C22H26N2O5. The topological polar surface area (TPSA) is 60.5 Å². The Labute approximate surface area is 170 Å². The molecule has 0 saturated carbocycles. The zero-order valence-corrected chi connectivity index (χ0v) is 16.7. The lowest BCUT2D eigenvalue weighted by atomic mass is 10.0. The van der Waals surface area contributed by atoms with Crippen LogP contribution in [0, 0.1) is 0 Å². The number of hydroxylamine groups is 2. The largest absolute Gasteiger partial charge is 0.497 e. The molecule has 0 N–H and O–H groups in total. The molecule has 2 aliphatic rings. The smallest absolute Gasteiger partial charge is 0.299 e. The maximum absolute atomic E-state index is 12.8. The van der Waals surface area contributed by atoms with Crippen LogP contribution >= 0.6 is 0 Å². The minimum atomic E-state index is -0.567. The van der Waals surface area contributed by atoms with Gasteiger partial charge in [-0.3, -0.25) is 4.79 Å². The molecule has 4 rings (SSSR count). The van der Waals surface area contributed by atoms with Crippen LogP contribution in [0.3, 0.4) is 0 Å². The van der Waals surface area contributed by atoms with Gasteiger partial charge in [-0.1, -0.05) is 0 Å². The maximum atomic E-state index is 12.8. The normalized spacial score (nSPS) is 21.6. The first-order chi connectivity index (χ1) is 14.2. The predicted molar refractivity (Wildman–Crippen MR) is 107 cm³/mol. The summed E-state index contributed by atoms with van der Waals surface area (Å²) in [5.41, 5.74) is 0. The number of ether oxygens (including phenoxy) is 3. The Morgan fingerprint density at radius 3 is 1.90 bits per heavy atom. The van der Waals surface area contributed by atoms with E-state index in [1.54, 1.807) is 38.5 Å². The Bertz CT molecular complexity index is 759. The lowest BCUT2D eigenvalue weighted by Crippen LogP contribution is -2.70. The van der Waals surface area contributed by atoms with Crippen molar-refractivity contribution in [2.24, 2.45) is 0 Å². The van der Waals surface area contributed by atoms with Crippen LogP contribution < -0.4 is 19.0 Å². The van der Waals surface area contributed by atoms with Gasteiger partial charge in [0.1, 0.15) is 23.3 Å². The van der Waals surface area contributed by atoms with Crippen LogP contribution in [-0.4, -0.2) is 61.9 Å². The molecule has 0 bridgehead atoms. The minimum Gasteiger partial charge on any atom is -0.497 e. The molecule has 29 heavy (non-hydrogen) atoms. The molecule has 2 aliphatic heterocycles. The summed E-state index contributed by atoms with van der Waals surface area (Å²) in [5.74, 6) is 2.53. The van der Waals surface area contributed by atoms with E-state index in [9.17, 15) is 4.79 Å². The number of benzene rings is 2. The highest BCUT2D eigenvalue weighted by atomic mass is 16.7. The van der Waals surface area contributed by atoms with E-state index >= 15 is 0 Å². The molecular weight excluding hydrogens is 372 g/mol. The van der Waals surface area contributed by atoms with Gasteiger partial charge in [0.25, 0.3) is 5.91 Å². The number of rotatable bonds is 8. The molecule has 2 fully saturated rings. The van der Waals surface area contributed by atoms with E-state index in [4.69, 9.17) is 19.0 Å². The van der Waals surface area contributed by atoms with Gasteiger partial charge < -0.3 is 23.9 Å². The number of nitrogens with zero attached hydrogens (tertiary/aromatic N) is 2. The van der Waals surface area contributed by atoms with Gasteiger partial charge in [0.15, 0.2) is 5.75 Å². The third-order valence-corrected chi connectivity index (χ3v) is 5.34. The zero-order chi connectivity index (χ0) is 20.2. The van der Waals surface area contributed by atoms with Crippen LogP contribution in [0.25, 0.3) is 0 Å². The molecule has 0 radical (unpaired) electrons. The molecule has 7 nitrogen and oxygen atoms in total. The molecule has 7 heteroatoms. The van der Waals surface area contributed by atoms with Gasteiger partial charge in [-0.2, -0.15) is 5.06 Å². The number of β-lactam (4-membered cyclic amide) rings is 1. The lowest BCUT2D eigenvalue weighted by molar-refractivity contribution is -0.215. The van der Waals surface area contributed by atoms with E-state index in [1.807, 2.05) is 24.3 Å². The quantitative estimate of drug-likeness (QED) is 0.638. The summed E-state index contributed by atoms with van der Waals surface area (Å²) in [6.45, 7) is 2.80. The van der Waals surface area contributed by atoms with Gasteiger partial charge >= 0.3 is 0 Å². The summed E-state index contributed by atoms with van der Waals surface area (Å²) in [6.07, 6.45) is 1.80. The third-order valence-electron chi connectivity index (χ3n) is 5.34. The monoisotopic (exact) mass is 398 g/mol. The summed E-state index contributed by atoms with van der Waals surface area (Å²) >= 11 is 0. The Hall–Kier alpha value is -2.93. The first-order valence-electron chi connectivity index (χ1n) is 9.86. The SMILES string of the molecule is COc1ccc(O[C@@H]2C(=O)N(Oc3ccc(OC)cc3)[C@@H]2CN2CCCC2)cc1. The van der Waals surface area contributed by atoms with Crippen molar-refractivity contribution in [1.82, 2.24) is 9.96 Å². The number of amides is 1. The fourth-order valence-corrected chi connectivity index (χ4v) is 3.69. The van der Waals surface area contributed by atoms with Crippen LogP contribution in [0.15, 0.2) is 48.5 Å². The van der Waals surface area contributed by atoms with Crippen molar-refractivity contribution in [3.63, 3.8) is 0 Å². The number of carbonyl (C=O) groups excluding carboxylic acids is 1. The van der Waals surface area contributed by atoms with Gasteiger partial charge in [-0.15, -0.1) is 0 Å². The molecule has 1 amide bonds. The fraction of sp³-hybridized carbons (Fsp3) is 0.409. The summed E-state index contributed by atoms with van der Waals surface area (Å²) in [6, 6.07) is 14.3. The second-order valence-electron chi connectivity index (χ2n) is 7.22. The molecule has 154 valence electrons. The Morgan fingerprint density at radius 2 is 1.34 bits per heavy atom. The molecule has 0 aliphatic carbocycles. The molecule has 2 saturated heterocycles. The molecule has 2 aromatic rings. The predicted octanol–water partition coefficient (Wildman–Crippen LogP) is 2.75.